The van der Waals surface area contributed by atoms with Gasteiger partial charge in [-0.25, -0.2) is 4.99 Å². The van der Waals surface area contributed by atoms with Crippen LogP contribution >= 0.6 is 22.9 Å². The number of fused-ring (bicyclic) bond motifs is 1. The first-order chi connectivity index (χ1) is 19.1. The number of amides is 1. The van der Waals surface area contributed by atoms with Gasteiger partial charge < -0.3 is 14.8 Å². The van der Waals surface area contributed by atoms with Crippen LogP contribution in [-0.4, -0.2) is 19.2 Å². The van der Waals surface area contributed by atoms with Gasteiger partial charge in [0.1, 0.15) is 11.6 Å². The molecule has 200 valence electrons. The van der Waals surface area contributed by atoms with Gasteiger partial charge >= 0.3 is 0 Å². The molecule has 7 heteroatoms. The van der Waals surface area contributed by atoms with E-state index >= 15 is 0 Å². The lowest BCUT2D eigenvalue weighted by Gasteiger charge is -2.12. The van der Waals surface area contributed by atoms with Crippen LogP contribution in [0.1, 0.15) is 57.6 Å². The van der Waals surface area contributed by atoms with Gasteiger partial charge in [-0.3, -0.25) is 4.79 Å². The Hall–Kier alpha value is -3.61. The minimum Gasteiger partial charge on any atom is -0.493 e. The molecular weight excluding hydrogens is 528 g/mol. The smallest absolute Gasteiger partial charge is 0.259 e. The summed E-state index contributed by atoms with van der Waals surface area (Å²) >= 11 is 7.62. The molecular formula is C32H31ClN2O3S. The quantitative estimate of drug-likeness (QED) is 0.220. The number of rotatable bonds is 8. The van der Waals surface area contributed by atoms with Gasteiger partial charge in [0, 0.05) is 21.8 Å². The number of ether oxygens (including phenoxy) is 2. The molecule has 1 amide bonds. The Balaban J connectivity index is 1.39. The SMILES string of the molecule is COc1cc(C=Nc2sc3c(c2C(=O)Nc2ccccc2)CCCCCC3)ccc1OCc1ccc(Cl)cc1. The van der Waals surface area contributed by atoms with E-state index in [-0.39, 0.29) is 5.91 Å². The average molecular weight is 559 g/mol. The van der Waals surface area contributed by atoms with Gasteiger partial charge in [-0.1, -0.05) is 54.8 Å². The molecule has 0 unspecified atom stereocenters. The summed E-state index contributed by atoms with van der Waals surface area (Å²) in [7, 11) is 1.62. The number of nitrogens with zero attached hydrogens (tertiary/aromatic N) is 1. The Morgan fingerprint density at radius 3 is 2.51 bits per heavy atom. The number of aryl methyl sites for hydroxylation is 1. The van der Waals surface area contributed by atoms with Crippen molar-refractivity contribution < 1.29 is 14.3 Å². The Kier molecular flexibility index (Phi) is 8.96. The molecule has 1 aliphatic rings. The van der Waals surface area contributed by atoms with Crippen LogP contribution in [0.4, 0.5) is 10.7 Å². The van der Waals surface area contributed by atoms with Crippen molar-refractivity contribution in [2.45, 2.75) is 45.1 Å². The number of hydrogen-bond acceptors (Lipinski definition) is 5. The fourth-order valence-corrected chi connectivity index (χ4v) is 6.06. The number of nitrogens with one attached hydrogen (secondary N) is 1. The number of halogens is 1. The van der Waals surface area contributed by atoms with Crippen LogP contribution in [-0.2, 0) is 19.4 Å². The van der Waals surface area contributed by atoms with E-state index in [1.54, 1.807) is 24.7 Å². The zero-order valence-corrected chi connectivity index (χ0v) is 23.5. The standard InChI is InChI=1S/C32H31ClN2O3S/c1-37-28-19-23(15-18-27(28)38-21-22-13-16-24(33)17-14-22)20-34-32-30(31(36)35-25-9-5-4-6-10-25)26-11-7-2-3-8-12-29(26)39-32/h4-6,9-10,13-20H,2-3,7-8,11-12,21H2,1H3,(H,35,36). The molecule has 1 N–H and O–H groups in total. The summed E-state index contributed by atoms with van der Waals surface area (Å²) in [6.45, 7) is 0.404. The van der Waals surface area contributed by atoms with Crippen LogP contribution in [0.3, 0.4) is 0 Å². The number of anilines is 1. The molecule has 1 aliphatic carbocycles. The molecule has 0 bridgehead atoms. The predicted octanol–water partition coefficient (Wildman–Crippen LogP) is 8.65. The van der Waals surface area contributed by atoms with Crippen molar-refractivity contribution in [3.05, 3.63) is 105 Å². The van der Waals surface area contributed by atoms with Crippen molar-refractivity contribution >= 4 is 45.7 Å². The third-order valence-corrected chi connectivity index (χ3v) is 8.19. The second kappa shape index (κ2) is 13.0. The van der Waals surface area contributed by atoms with Crippen LogP contribution in [0.2, 0.25) is 5.02 Å². The molecule has 0 radical (unpaired) electrons. The number of carbonyl (C=O) groups excluding carboxylic acids is 1. The van der Waals surface area contributed by atoms with Crippen LogP contribution in [0.15, 0.2) is 77.8 Å². The Bertz CT molecular complexity index is 1450. The lowest BCUT2D eigenvalue weighted by atomic mass is 9.96. The van der Waals surface area contributed by atoms with E-state index in [1.165, 1.54) is 17.7 Å². The molecule has 0 saturated heterocycles. The van der Waals surface area contributed by atoms with Gasteiger partial charge in [-0.15, -0.1) is 11.3 Å². The number of thiophene rings is 1. The summed E-state index contributed by atoms with van der Waals surface area (Å²) in [5.41, 5.74) is 4.51. The third kappa shape index (κ3) is 6.88. The maximum absolute atomic E-state index is 13.5. The molecule has 4 aromatic rings. The molecule has 1 heterocycles. The zero-order valence-electron chi connectivity index (χ0n) is 21.9. The second-order valence-electron chi connectivity index (χ2n) is 9.50. The summed E-state index contributed by atoms with van der Waals surface area (Å²) in [5, 5.41) is 4.52. The number of methoxy groups -OCH3 is 1. The van der Waals surface area contributed by atoms with Crippen molar-refractivity contribution in [1.29, 1.82) is 0 Å². The fraction of sp³-hybridized carbons (Fsp3) is 0.250. The number of hydrogen-bond donors (Lipinski definition) is 1. The van der Waals surface area contributed by atoms with Gasteiger partial charge in [0.25, 0.3) is 5.91 Å². The average Bonchev–Trinajstić information content (AvgIpc) is 3.28. The largest absolute Gasteiger partial charge is 0.493 e. The van der Waals surface area contributed by atoms with Crippen molar-refractivity contribution in [3.63, 3.8) is 0 Å². The molecule has 1 aromatic heterocycles. The minimum absolute atomic E-state index is 0.102. The predicted molar refractivity (Wildman–Crippen MR) is 161 cm³/mol. The number of carbonyl (C=O) groups is 1. The summed E-state index contributed by atoms with van der Waals surface area (Å²) in [5.74, 6) is 1.16. The zero-order chi connectivity index (χ0) is 27.0. The van der Waals surface area contributed by atoms with Gasteiger partial charge in [0.2, 0.25) is 0 Å². The minimum atomic E-state index is -0.102. The van der Waals surface area contributed by atoms with E-state index in [0.717, 1.165) is 53.1 Å². The molecule has 5 nitrogen and oxygen atoms in total. The highest BCUT2D eigenvalue weighted by Gasteiger charge is 2.24. The van der Waals surface area contributed by atoms with Gasteiger partial charge in [-0.2, -0.15) is 0 Å². The van der Waals surface area contributed by atoms with Crippen LogP contribution in [0.5, 0.6) is 11.5 Å². The highest BCUT2D eigenvalue weighted by Crippen LogP contribution is 2.39. The number of aliphatic imine (C=N–C) groups is 1. The van der Waals surface area contributed by atoms with E-state index in [4.69, 9.17) is 26.1 Å². The van der Waals surface area contributed by atoms with Crippen LogP contribution in [0.25, 0.3) is 0 Å². The number of benzene rings is 3. The third-order valence-electron chi connectivity index (χ3n) is 6.74. The van der Waals surface area contributed by atoms with E-state index in [2.05, 4.69) is 5.32 Å². The van der Waals surface area contributed by atoms with Crippen molar-refractivity contribution in [3.8, 4) is 11.5 Å². The summed E-state index contributed by atoms with van der Waals surface area (Å²) < 4.78 is 11.6. The number of para-hydroxylation sites is 1. The summed E-state index contributed by atoms with van der Waals surface area (Å²) in [6.07, 6.45) is 8.36. The van der Waals surface area contributed by atoms with Crippen molar-refractivity contribution in [2.75, 3.05) is 12.4 Å². The molecule has 0 spiro atoms. The Labute approximate surface area is 238 Å². The maximum Gasteiger partial charge on any atom is 0.259 e. The van der Waals surface area contributed by atoms with Crippen molar-refractivity contribution in [1.82, 2.24) is 0 Å². The molecule has 5 rings (SSSR count). The van der Waals surface area contributed by atoms with Gasteiger partial charge in [0.15, 0.2) is 11.5 Å². The fourth-order valence-electron chi connectivity index (χ4n) is 4.70. The Morgan fingerprint density at radius 1 is 0.974 bits per heavy atom. The monoisotopic (exact) mass is 558 g/mol. The topological polar surface area (TPSA) is 59.9 Å². The summed E-state index contributed by atoms with van der Waals surface area (Å²) in [4.78, 5) is 19.6. The van der Waals surface area contributed by atoms with Crippen LogP contribution < -0.4 is 14.8 Å². The van der Waals surface area contributed by atoms with E-state index in [9.17, 15) is 4.79 Å². The van der Waals surface area contributed by atoms with E-state index in [0.29, 0.717) is 28.7 Å². The highest BCUT2D eigenvalue weighted by molar-refractivity contribution is 7.16. The van der Waals surface area contributed by atoms with Crippen LogP contribution in [0, 0.1) is 0 Å². The molecule has 0 saturated carbocycles. The molecule has 39 heavy (non-hydrogen) atoms. The normalized spacial score (nSPS) is 13.4. The Morgan fingerprint density at radius 2 is 1.74 bits per heavy atom. The maximum atomic E-state index is 13.5. The highest BCUT2D eigenvalue weighted by atomic mass is 35.5. The lowest BCUT2D eigenvalue weighted by molar-refractivity contribution is 0.102. The molecule has 0 fully saturated rings. The van der Waals surface area contributed by atoms with Crippen molar-refractivity contribution in [2.24, 2.45) is 4.99 Å². The van der Waals surface area contributed by atoms with Gasteiger partial charge in [-0.05, 0) is 84.8 Å². The van der Waals surface area contributed by atoms with Gasteiger partial charge in [0.05, 0.1) is 12.7 Å². The first-order valence-electron chi connectivity index (χ1n) is 13.2. The lowest BCUT2D eigenvalue weighted by Crippen LogP contribution is -2.14. The first-order valence-corrected chi connectivity index (χ1v) is 14.4. The molecule has 0 aliphatic heterocycles. The molecule has 0 atom stereocenters. The first kappa shape index (κ1) is 27.0. The van der Waals surface area contributed by atoms with E-state index < -0.39 is 0 Å². The second-order valence-corrected chi connectivity index (χ2v) is 11.0. The van der Waals surface area contributed by atoms with E-state index in [1.807, 2.05) is 72.8 Å². The summed E-state index contributed by atoms with van der Waals surface area (Å²) in [6, 6.07) is 22.9. The molecule has 3 aromatic carbocycles.